The summed E-state index contributed by atoms with van der Waals surface area (Å²) in [5.41, 5.74) is 0. The Morgan fingerprint density at radius 1 is 0.545 bits per heavy atom. The first kappa shape index (κ1) is 16.8. The highest BCUT2D eigenvalue weighted by Gasteiger charge is 2.48. The Hall–Kier alpha value is 0. The van der Waals surface area contributed by atoms with Gasteiger partial charge in [0.15, 0.2) is 0 Å². The van der Waals surface area contributed by atoms with Gasteiger partial charge in [-0.15, -0.1) is 0 Å². The average Bonchev–Trinajstić information content (AvgIpc) is 2.37. The molecule has 0 nitrogen and oxygen atoms in total. The molecule has 0 saturated heterocycles. The molecule has 0 heteroatoms. The summed E-state index contributed by atoms with van der Waals surface area (Å²) in [6.45, 7) is 7.56. The van der Waals surface area contributed by atoms with Gasteiger partial charge in [0.25, 0.3) is 0 Å². The number of hydrogen-bond donors (Lipinski definition) is 0. The highest BCUT2D eigenvalue weighted by atomic mass is 14.5. The van der Waals surface area contributed by atoms with Gasteiger partial charge >= 0.3 is 0 Å². The Morgan fingerprint density at radius 2 is 1.09 bits per heavy atom. The van der Waals surface area contributed by atoms with Crippen molar-refractivity contribution in [3.8, 4) is 0 Å². The lowest BCUT2D eigenvalue weighted by molar-refractivity contribution is -0.0511. The molecule has 3 unspecified atom stereocenters. The molecule has 4 bridgehead atoms. The summed E-state index contributed by atoms with van der Waals surface area (Å²) in [6.07, 6.45) is 14.2. The molecule has 0 aromatic carbocycles. The van der Waals surface area contributed by atoms with Gasteiger partial charge in [-0.3, -0.25) is 0 Å². The molecule has 0 heterocycles. The van der Waals surface area contributed by atoms with Crippen molar-refractivity contribution < 1.29 is 0 Å². The normalized spacial score (nSPS) is 54.4. The minimum atomic E-state index is 0. The Kier molecular flexibility index (Phi) is 4.96. The highest BCUT2D eigenvalue weighted by Crippen LogP contribution is 2.58. The zero-order valence-electron chi connectivity index (χ0n) is 14.6. The van der Waals surface area contributed by atoms with E-state index in [1.165, 1.54) is 6.42 Å². The summed E-state index contributed by atoms with van der Waals surface area (Å²) >= 11 is 0. The molecule has 7 saturated carbocycles. The Labute approximate surface area is 139 Å². The predicted octanol–water partition coefficient (Wildman–Crippen LogP) is 6.79. The van der Waals surface area contributed by atoms with E-state index in [0.717, 1.165) is 53.3 Å². The fraction of sp³-hybridized carbons (Fsp3) is 1.00. The van der Waals surface area contributed by atoms with Crippen LogP contribution in [0, 0.1) is 53.3 Å². The van der Waals surface area contributed by atoms with E-state index >= 15 is 0 Å². The lowest BCUT2D eigenvalue weighted by atomic mass is 9.50. The third-order valence-corrected chi connectivity index (χ3v) is 8.29. The molecular formula is C22H40. The van der Waals surface area contributed by atoms with Crippen molar-refractivity contribution in [2.75, 3.05) is 0 Å². The SMILES string of the molecule is C.CC1CC2CC(C2)C(C2CCC(C)C(C)C2)C2CC(C1)C2. The second-order valence-electron chi connectivity index (χ2n) is 9.88. The van der Waals surface area contributed by atoms with Crippen LogP contribution in [0.5, 0.6) is 0 Å². The van der Waals surface area contributed by atoms with Crippen LogP contribution in [0.1, 0.15) is 86.0 Å². The summed E-state index contributed by atoms with van der Waals surface area (Å²) in [5, 5.41) is 0. The first-order chi connectivity index (χ1) is 10.1. The van der Waals surface area contributed by atoms with Crippen LogP contribution in [0.15, 0.2) is 0 Å². The zero-order valence-corrected chi connectivity index (χ0v) is 14.6. The first-order valence-electron chi connectivity index (χ1n) is 10.1. The van der Waals surface area contributed by atoms with Gasteiger partial charge < -0.3 is 0 Å². The van der Waals surface area contributed by atoms with E-state index in [9.17, 15) is 0 Å². The maximum atomic E-state index is 2.53. The largest absolute Gasteiger partial charge is 0.0776 e. The summed E-state index contributed by atoms with van der Waals surface area (Å²) in [7, 11) is 0. The molecule has 0 amide bonds. The molecule has 0 aliphatic heterocycles. The summed E-state index contributed by atoms with van der Waals surface area (Å²) in [6, 6.07) is 0. The van der Waals surface area contributed by atoms with Crippen molar-refractivity contribution in [2.24, 2.45) is 53.3 Å². The van der Waals surface area contributed by atoms with Crippen LogP contribution in [0.3, 0.4) is 0 Å². The number of hydrogen-bond acceptors (Lipinski definition) is 0. The van der Waals surface area contributed by atoms with Crippen LogP contribution >= 0.6 is 0 Å². The molecule has 22 heavy (non-hydrogen) atoms. The van der Waals surface area contributed by atoms with Crippen molar-refractivity contribution >= 4 is 0 Å². The molecule has 0 radical (unpaired) electrons. The monoisotopic (exact) mass is 304 g/mol. The van der Waals surface area contributed by atoms with E-state index in [-0.39, 0.29) is 7.43 Å². The van der Waals surface area contributed by atoms with Crippen LogP contribution < -0.4 is 0 Å². The van der Waals surface area contributed by atoms with Crippen molar-refractivity contribution in [3.63, 3.8) is 0 Å². The Bertz CT molecular complexity index is 338. The van der Waals surface area contributed by atoms with Crippen molar-refractivity contribution in [1.29, 1.82) is 0 Å². The fourth-order valence-corrected chi connectivity index (χ4v) is 6.92. The minimum Gasteiger partial charge on any atom is -0.0776 e. The summed E-state index contributed by atoms with van der Waals surface area (Å²) in [4.78, 5) is 0. The van der Waals surface area contributed by atoms with Gasteiger partial charge in [-0.2, -0.15) is 0 Å². The fourth-order valence-electron chi connectivity index (χ4n) is 6.92. The maximum Gasteiger partial charge on any atom is -0.0328 e. The molecule has 0 aromatic heterocycles. The van der Waals surface area contributed by atoms with E-state index in [0.29, 0.717) is 0 Å². The van der Waals surface area contributed by atoms with Crippen molar-refractivity contribution in [1.82, 2.24) is 0 Å². The average molecular weight is 305 g/mol. The molecule has 7 fully saturated rings. The van der Waals surface area contributed by atoms with Gasteiger partial charge in [0.1, 0.15) is 0 Å². The highest BCUT2D eigenvalue weighted by molar-refractivity contribution is 4.98. The van der Waals surface area contributed by atoms with E-state index in [2.05, 4.69) is 20.8 Å². The van der Waals surface area contributed by atoms with E-state index < -0.39 is 0 Å². The second kappa shape index (κ2) is 6.48. The Balaban J connectivity index is 0.00000144. The molecule has 0 spiro atoms. The van der Waals surface area contributed by atoms with Crippen molar-refractivity contribution in [2.45, 2.75) is 86.0 Å². The third kappa shape index (κ3) is 3.01. The zero-order chi connectivity index (χ0) is 14.6. The quantitative estimate of drug-likeness (QED) is 0.500. The van der Waals surface area contributed by atoms with Crippen molar-refractivity contribution in [3.05, 3.63) is 0 Å². The summed E-state index contributed by atoms with van der Waals surface area (Å²) in [5.74, 6) is 9.75. The molecular weight excluding hydrogens is 264 g/mol. The van der Waals surface area contributed by atoms with Crippen LogP contribution in [-0.4, -0.2) is 0 Å². The van der Waals surface area contributed by atoms with Gasteiger partial charge in [0.2, 0.25) is 0 Å². The molecule has 3 atom stereocenters. The first-order valence-corrected chi connectivity index (χ1v) is 10.1. The van der Waals surface area contributed by atoms with Crippen LogP contribution in [0.25, 0.3) is 0 Å². The van der Waals surface area contributed by atoms with Crippen LogP contribution in [0.4, 0.5) is 0 Å². The van der Waals surface area contributed by atoms with E-state index in [1.54, 1.807) is 51.4 Å². The predicted molar refractivity (Wildman–Crippen MR) is 96.7 cm³/mol. The van der Waals surface area contributed by atoms with E-state index in [4.69, 9.17) is 0 Å². The van der Waals surface area contributed by atoms with Gasteiger partial charge in [-0.25, -0.2) is 0 Å². The minimum absolute atomic E-state index is 0. The standard InChI is InChI=1S/C21H36.CH4/c1-13-6-16-9-19(10-16)21(20-11-17(7-13)12-20)18-5-4-14(2)15(3)8-18;/h13-21H,4-12H2,1-3H3;1H4. The molecule has 7 aliphatic rings. The Morgan fingerprint density at radius 3 is 1.59 bits per heavy atom. The maximum absolute atomic E-state index is 2.53. The molecule has 0 N–H and O–H groups in total. The molecule has 128 valence electrons. The van der Waals surface area contributed by atoms with Crippen LogP contribution in [-0.2, 0) is 0 Å². The van der Waals surface area contributed by atoms with Gasteiger partial charge in [-0.05, 0) is 105 Å². The molecule has 0 aromatic rings. The third-order valence-electron chi connectivity index (χ3n) is 8.29. The van der Waals surface area contributed by atoms with Crippen LogP contribution in [0.2, 0.25) is 0 Å². The second-order valence-corrected chi connectivity index (χ2v) is 9.88. The molecule has 7 aliphatic carbocycles. The van der Waals surface area contributed by atoms with Gasteiger partial charge in [-0.1, -0.05) is 34.6 Å². The number of rotatable bonds is 1. The van der Waals surface area contributed by atoms with Gasteiger partial charge in [0, 0.05) is 0 Å². The lowest BCUT2D eigenvalue weighted by Crippen LogP contribution is -2.46. The summed E-state index contributed by atoms with van der Waals surface area (Å²) < 4.78 is 0. The smallest absolute Gasteiger partial charge is 0.0328 e. The van der Waals surface area contributed by atoms with Gasteiger partial charge in [0.05, 0.1) is 0 Å². The molecule has 7 rings (SSSR count). The van der Waals surface area contributed by atoms with E-state index in [1.807, 2.05) is 0 Å². The lowest BCUT2D eigenvalue weighted by Gasteiger charge is -2.55. The topological polar surface area (TPSA) is 0 Å².